The zero-order valence-electron chi connectivity index (χ0n) is 15.5. The molecular weight excluding hydrogens is 336 g/mol. The largest absolute Gasteiger partial charge is 0.478 e. The highest BCUT2D eigenvalue weighted by molar-refractivity contribution is 5.87. The van der Waals surface area contributed by atoms with Crippen molar-refractivity contribution in [1.29, 1.82) is 0 Å². The molecule has 4 N–H and O–H groups in total. The molecule has 1 aromatic carbocycles. The molecule has 1 saturated heterocycles. The number of aromatic carboxylic acids is 1. The second kappa shape index (κ2) is 8.62. The predicted molar refractivity (Wildman–Crippen MR) is 96.9 cm³/mol. The number of amides is 1. The van der Waals surface area contributed by atoms with E-state index in [1.807, 2.05) is 20.8 Å². The van der Waals surface area contributed by atoms with Gasteiger partial charge in [0.25, 0.3) is 0 Å². The topological polar surface area (TPSA) is 108 Å². The van der Waals surface area contributed by atoms with Gasteiger partial charge in [-0.1, -0.05) is 32.9 Å². The molecule has 0 aromatic heterocycles. The number of carbonyl (C=O) groups is 2. The zero-order valence-corrected chi connectivity index (χ0v) is 15.5. The van der Waals surface area contributed by atoms with Crippen molar-refractivity contribution in [3.63, 3.8) is 0 Å². The van der Waals surface area contributed by atoms with E-state index in [4.69, 9.17) is 9.84 Å². The molecule has 3 atom stereocenters. The van der Waals surface area contributed by atoms with Crippen molar-refractivity contribution < 1.29 is 24.5 Å². The Morgan fingerprint density at radius 2 is 1.88 bits per heavy atom. The number of benzene rings is 1. The molecule has 0 unspecified atom stereocenters. The van der Waals surface area contributed by atoms with E-state index in [0.717, 1.165) is 5.56 Å². The van der Waals surface area contributed by atoms with Gasteiger partial charge < -0.3 is 25.6 Å². The van der Waals surface area contributed by atoms with E-state index in [9.17, 15) is 14.7 Å². The van der Waals surface area contributed by atoms with Crippen LogP contribution >= 0.6 is 0 Å². The van der Waals surface area contributed by atoms with E-state index in [-0.39, 0.29) is 29.5 Å². The van der Waals surface area contributed by atoms with Crippen molar-refractivity contribution >= 4 is 11.9 Å². The molecule has 1 aromatic rings. The molecule has 2 rings (SSSR count). The van der Waals surface area contributed by atoms with Gasteiger partial charge in [-0.3, -0.25) is 4.79 Å². The Morgan fingerprint density at radius 1 is 1.23 bits per heavy atom. The predicted octanol–water partition coefficient (Wildman–Crippen LogP) is 1.16. The van der Waals surface area contributed by atoms with Gasteiger partial charge >= 0.3 is 5.97 Å². The third-order valence-electron chi connectivity index (χ3n) is 4.24. The molecular formula is C19H28N2O5. The Kier molecular flexibility index (Phi) is 6.75. The molecule has 0 saturated carbocycles. The number of nitrogens with one attached hydrogen (secondary N) is 2. The Labute approximate surface area is 153 Å². The molecule has 0 spiro atoms. The maximum atomic E-state index is 11.9. The molecule has 0 aliphatic carbocycles. The van der Waals surface area contributed by atoms with Crippen LogP contribution in [-0.4, -0.2) is 53.5 Å². The summed E-state index contributed by atoms with van der Waals surface area (Å²) in [6, 6.07) is 6.34. The molecule has 0 radical (unpaired) electrons. The summed E-state index contributed by atoms with van der Waals surface area (Å²) in [5.74, 6) is -1.01. The number of rotatable bonds is 7. The van der Waals surface area contributed by atoms with Gasteiger partial charge in [-0.25, -0.2) is 4.79 Å². The Hall–Kier alpha value is -1.96. The summed E-state index contributed by atoms with van der Waals surface area (Å²) in [7, 11) is 0. The van der Waals surface area contributed by atoms with Crippen LogP contribution in [0.15, 0.2) is 24.3 Å². The number of carboxylic acids is 1. The summed E-state index contributed by atoms with van der Waals surface area (Å²) in [4.78, 5) is 22.7. The summed E-state index contributed by atoms with van der Waals surface area (Å²) < 4.78 is 5.59. The van der Waals surface area contributed by atoms with Crippen LogP contribution in [0.25, 0.3) is 0 Å². The van der Waals surface area contributed by atoms with Crippen LogP contribution in [0.1, 0.15) is 43.1 Å². The first-order valence-corrected chi connectivity index (χ1v) is 8.78. The molecule has 7 nitrogen and oxygen atoms in total. The van der Waals surface area contributed by atoms with Gasteiger partial charge in [0.1, 0.15) is 6.10 Å². The highest BCUT2D eigenvalue weighted by Crippen LogP contribution is 2.19. The first kappa shape index (κ1) is 20.4. The number of aliphatic hydroxyl groups is 1. The van der Waals surface area contributed by atoms with Crippen molar-refractivity contribution in [1.82, 2.24) is 10.6 Å². The number of hydrogen-bond donors (Lipinski definition) is 4. The average Bonchev–Trinajstić information content (AvgIpc) is 2.90. The van der Waals surface area contributed by atoms with Crippen LogP contribution < -0.4 is 10.6 Å². The second-order valence-electron chi connectivity index (χ2n) is 7.89. The van der Waals surface area contributed by atoms with Gasteiger partial charge in [-0.2, -0.15) is 0 Å². The van der Waals surface area contributed by atoms with Gasteiger partial charge in [-0.05, 0) is 23.1 Å². The monoisotopic (exact) mass is 364 g/mol. The Bertz CT molecular complexity index is 624. The van der Waals surface area contributed by atoms with Gasteiger partial charge in [0, 0.05) is 19.5 Å². The van der Waals surface area contributed by atoms with E-state index < -0.39 is 18.2 Å². The first-order chi connectivity index (χ1) is 12.2. The fraction of sp³-hybridized carbons (Fsp3) is 0.579. The summed E-state index contributed by atoms with van der Waals surface area (Å²) >= 11 is 0. The number of carbonyl (C=O) groups excluding carboxylic acids is 1. The quantitative estimate of drug-likeness (QED) is 0.578. The molecule has 1 amide bonds. The summed E-state index contributed by atoms with van der Waals surface area (Å²) in [6.45, 7) is 7.12. The summed E-state index contributed by atoms with van der Waals surface area (Å²) in [5.41, 5.74) is 1.08. The van der Waals surface area contributed by atoms with Crippen LogP contribution in [0.3, 0.4) is 0 Å². The molecule has 1 heterocycles. The smallest absolute Gasteiger partial charge is 0.335 e. The van der Waals surface area contributed by atoms with Crippen molar-refractivity contribution in [2.24, 2.45) is 5.41 Å². The van der Waals surface area contributed by atoms with E-state index in [2.05, 4.69) is 10.6 Å². The lowest BCUT2D eigenvalue weighted by atomic mass is 9.92. The minimum absolute atomic E-state index is 0.0526. The number of hydrogen-bond acceptors (Lipinski definition) is 5. The van der Waals surface area contributed by atoms with Crippen LogP contribution in [0.4, 0.5) is 0 Å². The highest BCUT2D eigenvalue weighted by atomic mass is 16.5. The maximum absolute atomic E-state index is 11.9. The van der Waals surface area contributed by atoms with Crippen molar-refractivity contribution in [3.8, 4) is 0 Å². The van der Waals surface area contributed by atoms with Crippen molar-refractivity contribution in [3.05, 3.63) is 35.4 Å². The molecule has 0 bridgehead atoms. The minimum atomic E-state index is -0.958. The third-order valence-corrected chi connectivity index (χ3v) is 4.24. The molecule has 1 fully saturated rings. The van der Waals surface area contributed by atoms with Gasteiger partial charge in [0.05, 0.1) is 24.3 Å². The number of aliphatic hydroxyl groups excluding tert-OH is 1. The van der Waals surface area contributed by atoms with Crippen LogP contribution in [-0.2, 0) is 16.1 Å². The third kappa shape index (κ3) is 6.09. The molecule has 1 aliphatic rings. The zero-order chi connectivity index (χ0) is 19.3. The molecule has 7 heteroatoms. The normalized spacial score (nSPS) is 23.0. The molecule has 26 heavy (non-hydrogen) atoms. The lowest BCUT2D eigenvalue weighted by molar-refractivity contribution is -0.123. The number of carboxylic acid groups (broad SMARTS) is 1. The standard InChI is InChI=1S/C19H28N2O5/c1-19(2,3)8-16(22)21-10-15-17(23)14(11-26-15)20-9-12-4-6-13(7-5-12)18(24)25/h4-7,14-15,17,20,23H,8-11H2,1-3H3,(H,21,22)(H,24,25)/t14-,15-,17+/m1/s1. The van der Waals surface area contributed by atoms with E-state index in [0.29, 0.717) is 19.6 Å². The summed E-state index contributed by atoms with van der Waals surface area (Å²) in [5, 5.41) is 25.3. The van der Waals surface area contributed by atoms with Gasteiger partial charge in [0.2, 0.25) is 5.91 Å². The summed E-state index contributed by atoms with van der Waals surface area (Å²) in [6.07, 6.45) is -0.738. The van der Waals surface area contributed by atoms with E-state index in [1.54, 1.807) is 24.3 Å². The van der Waals surface area contributed by atoms with Crippen LogP contribution in [0, 0.1) is 5.41 Å². The van der Waals surface area contributed by atoms with E-state index in [1.165, 1.54) is 0 Å². The Balaban J connectivity index is 1.77. The number of ether oxygens (including phenoxy) is 1. The van der Waals surface area contributed by atoms with Crippen LogP contribution in [0.2, 0.25) is 0 Å². The SMILES string of the molecule is CC(C)(C)CC(=O)NC[C@H]1OC[C@@H](NCc2ccc(C(=O)O)cc2)[C@@H]1O. The lowest BCUT2D eigenvalue weighted by Gasteiger charge is -2.21. The lowest BCUT2D eigenvalue weighted by Crippen LogP contribution is -2.44. The second-order valence-corrected chi connectivity index (χ2v) is 7.89. The van der Waals surface area contributed by atoms with E-state index >= 15 is 0 Å². The van der Waals surface area contributed by atoms with Crippen LogP contribution in [0.5, 0.6) is 0 Å². The first-order valence-electron chi connectivity index (χ1n) is 8.78. The maximum Gasteiger partial charge on any atom is 0.335 e. The van der Waals surface area contributed by atoms with Crippen molar-refractivity contribution in [2.45, 2.75) is 52.0 Å². The Morgan fingerprint density at radius 3 is 2.46 bits per heavy atom. The average molecular weight is 364 g/mol. The fourth-order valence-electron chi connectivity index (χ4n) is 2.82. The highest BCUT2D eigenvalue weighted by Gasteiger charge is 2.35. The molecule has 1 aliphatic heterocycles. The minimum Gasteiger partial charge on any atom is -0.478 e. The van der Waals surface area contributed by atoms with Gasteiger partial charge in [0.15, 0.2) is 0 Å². The molecule has 144 valence electrons. The van der Waals surface area contributed by atoms with Crippen molar-refractivity contribution in [2.75, 3.05) is 13.2 Å². The van der Waals surface area contributed by atoms with Gasteiger partial charge in [-0.15, -0.1) is 0 Å². The fourth-order valence-corrected chi connectivity index (χ4v) is 2.82.